The lowest BCUT2D eigenvalue weighted by Gasteiger charge is -2.18. The van der Waals surface area contributed by atoms with Gasteiger partial charge in [-0.2, -0.15) is 0 Å². The number of benzene rings is 1. The van der Waals surface area contributed by atoms with Gasteiger partial charge in [-0.1, -0.05) is 18.2 Å². The van der Waals surface area contributed by atoms with Gasteiger partial charge in [0.05, 0.1) is 13.2 Å². The molecule has 1 aromatic heterocycles. The Kier molecular flexibility index (Phi) is 4.42. The molecule has 2 N–H and O–H groups in total. The molecule has 0 fully saturated rings. The van der Waals surface area contributed by atoms with Crippen molar-refractivity contribution in [3.63, 3.8) is 0 Å². The van der Waals surface area contributed by atoms with Gasteiger partial charge < -0.3 is 14.3 Å². The van der Waals surface area contributed by atoms with E-state index in [4.69, 9.17) is 4.42 Å². The molecule has 0 saturated carbocycles. The first-order valence-electron chi connectivity index (χ1n) is 6.51. The minimum Gasteiger partial charge on any atom is -0.468 e. The zero-order chi connectivity index (χ0) is 14.7. The number of rotatable bonds is 5. The third-order valence-electron chi connectivity index (χ3n) is 3.34. The van der Waals surface area contributed by atoms with Gasteiger partial charge in [0.1, 0.15) is 17.4 Å². The van der Waals surface area contributed by atoms with E-state index in [1.165, 1.54) is 7.11 Å². The summed E-state index contributed by atoms with van der Waals surface area (Å²) in [7, 11) is 1.30. The summed E-state index contributed by atoms with van der Waals surface area (Å²) in [6.45, 7) is 3.86. The van der Waals surface area contributed by atoms with Crippen LogP contribution in [0.15, 0.2) is 28.7 Å². The lowest BCUT2D eigenvalue weighted by Crippen LogP contribution is -2.45. The maximum atomic E-state index is 11.6. The molecular weight excluding hydrogens is 258 g/mol. The number of hydrogen-bond acceptors (Lipinski definition) is 5. The van der Waals surface area contributed by atoms with Crippen molar-refractivity contribution >= 4 is 16.9 Å². The van der Waals surface area contributed by atoms with E-state index in [-0.39, 0.29) is 0 Å². The number of carbonyl (C=O) groups is 1. The van der Waals surface area contributed by atoms with Crippen molar-refractivity contribution < 1.29 is 19.1 Å². The number of methoxy groups -OCH3 is 1. The van der Waals surface area contributed by atoms with E-state index in [0.717, 1.165) is 22.3 Å². The number of para-hydroxylation sites is 1. The quantitative estimate of drug-likeness (QED) is 0.815. The Bertz CT molecular complexity index is 603. The van der Waals surface area contributed by atoms with Crippen molar-refractivity contribution in [1.29, 1.82) is 0 Å². The van der Waals surface area contributed by atoms with Crippen LogP contribution in [0.3, 0.4) is 0 Å². The third kappa shape index (κ3) is 2.84. The number of carbonyl (C=O) groups excluding carboxylic acids is 1. The van der Waals surface area contributed by atoms with Crippen LogP contribution in [-0.4, -0.2) is 30.3 Å². The Morgan fingerprint density at radius 3 is 2.80 bits per heavy atom. The van der Waals surface area contributed by atoms with Crippen molar-refractivity contribution in [2.24, 2.45) is 0 Å². The second-order valence-corrected chi connectivity index (χ2v) is 4.76. The summed E-state index contributed by atoms with van der Waals surface area (Å²) in [5, 5.41) is 13.7. The second-order valence-electron chi connectivity index (χ2n) is 4.76. The molecular formula is C15H19NO4. The molecule has 5 nitrogen and oxygen atoms in total. The smallest absolute Gasteiger partial charge is 0.325 e. The number of ether oxygens (including phenoxy) is 1. The molecule has 1 heterocycles. The normalized spacial score (nSPS) is 14.2. The van der Waals surface area contributed by atoms with Gasteiger partial charge in [0.25, 0.3) is 0 Å². The minimum absolute atomic E-state index is 0.424. The zero-order valence-electron chi connectivity index (χ0n) is 11.8. The molecule has 0 amide bonds. The Hall–Kier alpha value is -1.85. The summed E-state index contributed by atoms with van der Waals surface area (Å²) >= 11 is 0. The largest absolute Gasteiger partial charge is 0.468 e. The molecule has 0 bridgehead atoms. The molecule has 0 aliphatic heterocycles. The molecule has 20 heavy (non-hydrogen) atoms. The molecule has 1 aromatic carbocycles. The van der Waals surface area contributed by atoms with E-state index in [2.05, 4.69) is 10.1 Å². The van der Waals surface area contributed by atoms with Crippen molar-refractivity contribution in [2.75, 3.05) is 7.11 Å². The van der Waals surface area contributed by atoms with Gasteiger partial charge >= 0.3 is 5.97 Å². The lowest BCUT2D eigenvalue weighted by atomic mass is 10.1. The second kappa shape index (κ2) is 6.07. The van der Waals surface area contributed by atoms with Gasteiger partial charge in [0.2, 0.25) is 0 Å². The van der Waals surface area contributed by atoms with E-state index in [9.17, 15) is 9.90 Å². The highest BCUT2D eigenvalue weighted by Crippen LogP contribution is 2.25. The summed E-state index contributed by atoms with van der Waals surface area (Å²) in [5.74, 6) is 0.318. The van der Waals surface area contributed by atoms with E-state index >= 15 is 0 Å². The van der Waals surface area contributed by atoms with Gasteiger partial charge in [0, 0.05) is 17.5 Å². The lowest BCUT2D eigenvalue weighted by molar-refractivity contribution is -0.145. The SMILES string of the molecule is COC(=O)[C@@H](NCc1c(C)oc2ccccc12)[C@H](C)O. The Morgan fingerprint density at radius 1 is 1.45 bits per heavy atom. The number of aliphatic hydroxyl groups excluding tert-OH is 1. The maximum absolute atomic E-state index is 11.6. The molecule has 0 spiro atoms. The number of esters is 1. The minimum atomic E-state index is -0.832. The number of nitrogens with one attached hydrogen (secondary N) is 1. The summed E-state index contributed by atoms with van der Waals surface area (Å²) in [4.78, 5) is 11.6. The first kappa shape index (κ1) is 14.6. The average Bonchev–Trinajstić information content (AvgIpc) is 2.74. The van der Waals surface area contributed by atoms with Gasteiger partial charge in [-0.25, -0.2) is 0 Å². The fourth-order valence-corrected chi connectivity index (χ4v) is 2.23. The van der Waals surface area contributed by atoms with Crippen LogP contribution in [0.2, 0.25) is 0 Å². The molecule has 0 aliphatic rings. The third-order valence-corrected chi connectivity index (χ3v) is 3.34. The van der Waals surface area contributed by atoms with Gasteiger partial charge in [0.15, 0.2) is 0 Å². The predicted octanol–water partition coefficient (Wildman–Crippen LogP) is 1.75. The fraction of sp³-hybridized carbons (Fsp3) is 0.400. The average molecular weight is 277 g/mol. The van der Waals surface area contributed by atoms with Crippen molar-refractivity contribution in [3.05, 3.63) is 35.6 Å². The summed E-state index contributed by atoms with van der Waals surface area (Å²) in [5.41, 5.74) is 1.80. The number of fused-ring (bicyclic) bond motifs is 1. The Balaban J connectivity index is 2.20. The van der Waals surface area contributed by atoms with E-state index in [1.54, 1.807) is 6.92 Å². The monoisotopic (exact) mass is 277 g/mol. The summed E-state index contributed by atoms with van der Waals surface area (Å²) < 4.78 is 10.3. The highest BCUT2D eigenvalue weighted by Gasteiger charge is 2.24. The van der Waals surface area contributed by atoms with E-state index < -0.39 is 18.1 Å². The molecule has 0 saturated heterocycles. The first-order valence-corrected chi connectivity index (χ1v) is 6.51. The van der Waals surface area contributed by atoms with Crippen LogP contribution in [0.5, 0.6) is 0 Å². The first-order chi connectivity index (χ1) is 9.54. The summed E-state index contributed by atoms with van der Waals surface area (Å²) in [6.07, 6.45) is -0.832. The number of furan rings is 1. The van der Waals surface area contributed by atoms with E-state index in [1.807, 2.05) is 31.2 Å². The van der Waals surface area contributed by atoms with Crippen molar-refractivity contribution in [3.8, 4) is 0 Å². The van der Waals surface area contributed by atoms with Crippen molar-refractivity contribution in [1.82, 2.24) is 5.32 Å². The van der Waals surface area contributed by atoms with Crippen LogP contribution in [-0.2, 0) is 16.1 Å². The highest BCUT2D eigenvalue weighted by molar-refractivity contribution is 5.82. The number of aryl methyl sites for hydroxylation is 1. The van der Waals surface area contributed by atoms with Gasteiger partial charge in [-0.05, 0) is 19.9 Å². The molecule has 2 aromatic rings. The van der Waals surface area contributed by atoms with Crippen LogP contribution in [0, 0.1) is 6.92 Å². The molecule has 2 rings (SSSR count). The molecule has 0 unspecified atom stereocenters. The van der Waals surface area contributed by atoms with Gasteiger partial charge in [-0.15, -0.1) is 0 Å². The topological polar surface area (TPSA) is 71.7 Å². The molecule has 108 valence electrons. The zero-order valence-corrected chi connectivity index (χ0v) is 11.8. The number of hydrogen-bond donors (Lipinski definition) is 2. The van der Waals surface area contributed by atoms with Gasteiger partial charge in [-0.3, -0.25) is 10.1 Å². The standard InChI is InChI=1S/C15H19NO4/c1-9(17)14(15(18)19-3)16-8-12-10(2)20-13-7-5-4-6-11(12)13/h4-7,9,14,16-17H,8H2,1-3H3/t9-,14-/m0/s1. The maximum Gasteiger partial charge on any atom is 0.325 e. The molecule has 0 aliphatic carbocycles. The Morgan fingerprint density at radius 2 is 2.15 bits per heavy atom. The Labute approximate surface area is 117 Å². The highest BCUT2D eigenvalue weighted by atomic mass is 16.5. The predicted molar refractivity (Wildman–Crippen MR) is 75.3 cm³/mol. The van der Waals surface area contributed by atoms with Crippen LogP contribution < -0.4 is 5.32 Å². The van der Waals surface area contributed by atoms with Crippen molar-refractivity contribution in [2.45, 2.75) is 32.5 Å². The molecule has 0 radical (unpaired) electrons. The van der Waals surface area contributed by atoms with Crippen LogP contribution in [0.1, 0.15) is 18.2 Å². The molecule has 5 heteroatoms. The number of aliphatic hydroxyl groups is 1. The summed E-state index contributed by atoms with van der Waals surface area (Å²) in [6, 6.07) is 6.97. The molecule has 2 atom stereocenters. The van der Waals surface area contributed by atoms with E-state index in [0.29, 0.717) is 6.54 Å². The van der Waals surface area contributed by atoms with Crippen LogP contribution in [0.25, 0.3) is 11.0 Å². The van der Waals surface area contributed by atoms with Crippen LogP contribution in [0.4, 0.5) is 0 Å². The fourth-order valence-electron chi connectivity index (χ4n) is 2.23. The van der Waals surface area contributed by atoms with Crippen LogP contribution >= 0.6 is 0 Å².